The van der Waals surface area contributed by atoms with Crippen LogP contribution < -0.4 is 11.3 Å². The van der Waals surface area contributed by atoms with Crippen molar-refractivity contribution in [2.45, 2.75) is 19.4 Å². The fourth-order valence-electron chi connectivity index (χ4n) is 1.38. The van der Waals surface area contributed by atoms with Crippen LogP contribution in [0.2, 0.25) is 0 Å². The predicted molar refractivity (Wildman–Crippen MR) is 55.2 cm³/mol. The minimum Gasteiger partial charge on any atom is -0.508 e. The lowest BCUT2D eigenvalue weighted by Gasteiger charge is -2.15. The number of benzene rings is 1. The van der Waals surface area contributed by atoms with E-state index in [4.69, 9.17) is 10.9 Å². The second-order valence-electron chi connectivity index (χ2n) is 3.38. The van der Waals surface area contributed by atoms with Crippen molar-refractivity contribution in [1.29, 1.82) is 0 Å². The van der Waals surface area contributed by atoms with E-state index in [9.17, 15) is 9.90 Å². The molecule has 5 heteroatoms. The maximum absolute atomic E-state index is 10.5. The number of aromatic hydroxyl groups is 1. The SMILES string of the molecule is Cc1ccc(C(CC(=O)O)NN)c(O)c1. The Morgan fingerprint density at radius 2 is 2.27 bits per heavy atom. The average molecular weight is 210 g/mol. The summed E-state index contributed by atoms with van der Waals surface area (Å²) in [6.07, 6.45) is -0.173. The third-order valence-corrected chi connectivity index (χ3v) is 2.14. The number of aryl methyl sites for hydroxylation is 1. The number of rotatable bonds is 4. The number of nitrogens with one attached hydrogen (secondary N) is 1. The summed E-state index contributed by atoms with van der Waals surface area (Å²) in [7, 11) is 0. The molecule has 1 aromatic rings. The lowest BCUT2D eigenvalue weighted by molar-refractivity contribution is -0.137. The fourth-order valence-corrected chi connectivity index (χ4v) is 1.38. The molecule has 0 aliphatic rings. The van der Waals surface area contributed by atoms with E-state index < -0.39 is 12.0 Å². The van der Waals surface area contributed by atoms with Crippen molar-refractivity contribution in [2.24, 2.45) is 5.84 Å². The zero-order chi connectivity index (χ0) is 11.4. The Balaban J connectivity index is 2.96. The molecule has 0 aliphatic carbocycles. The summed E-state index contributed by atoms with van der Waals surface area (Å²) in [5.41, 5.74) is 3.77. The average Bonchev–Trinajstić information content (AvgIpc) is 2.14. The molecule has 0 radical (unpaired) electrons. The largest absolute Gasteiger partial charge is 0.508 e. The summed E-state index contributed by atoms with van der Waals surface area (Å²) in [6.45, 7) is 1.84. The number of hydrogen-bond acceptors (Lipinski definition) is 4. The van der Waals surface area contributed by atoms with Gasteiger partial charge in [0.25, 0.3) is 0 Å². The monoisotopic (exact) mass is 210 g/mol. The van der Waals surface area contributed by atoms with Crippen LogP contribution in [-0.4, -0.2) is 16.2 Å². The first kappa shape index (κ1) is 11.5. The van der Waals surface area contributed by atoms with Gasteiger partial charge >= 0.3 is 5.97 Å². The van der Waals surface area contributed by atoms with Gasteiger partial charge in [0.1, 0.15) is 5.75 Å². The van der Waals surface area contributed by atoms with Gasteiger partial charge in [-0.05, 0) is 18.6 Å². The van der Waals surface area contributed by atoms with Crippen LogP contribution in [0.25, 0.3) is 0 Å². The van der Waals surface area contributed by atoms with E-state index in [0.29, 0.717) is 5.56 Å². The van der Waals surface area contributed by atoms with Crippen molar-refractivity contribution in [3.05, 3.63) is 29.3 Å². The number of aliphatic carboxylic acids is 1. The van der Waals surface area contributed by atoms with E-state index >= 15 is 0 Å². The Kier molecular flexibility index (Phi) is 3.65. The molecule has 1 unspecified atom stereocenters. The number of phenolic OH excluding ortho intramolecular Hbond substituents is 1. The molecule has 1 atom stereocenters. The summed E-state index contributed by atoms with van der Waals surface area (Å²) in [5, 5.41) is 18.3. The van der Waals surface area contributed by atoms with E-state index in [-0.39, 0.29) is 12.2 Å². The van der Waals surface area contributed by atoms with Crippen LogP contribution in [0.4, 0.5) is 0 Å². The molecule has 0 aliphatic heterocycles. The van der Waals surface area contributed by atoms with Crippen LogP contribution in [0.3, 0.4) is 0 Å². The van der Waals surface area contributed by atoms with Crippen molar-refractivity contribution in [3.63, 3.8) is 0 Å². The zero-order valence-corrected chi connectivity index (χ0v) is 8.40. The molecule has 0 bridgehead atoms. The summed E-state index contributed by atoms with van der Waals surface area (Å²) in [6, 6.07) is 4.45. The van der Waals surface area contributed by atoms with Gasteiger partial charge in [0.15, 0.2) is 0 Å². The van der Waals surface area contributed by atoms with Crippen molar-refractivity contribution in [1.82, 2.24) is 5.43 Å². The quantitative estimate of drug-likeness (QED) is 0.433. The second kappa shape index (κ2) is 4.77. The van der Waals surface area contributed by atoms with Crippen LogP contribution in [0.5, 0.6) is 5.75 Å². The fraction of sp³-hybridized carbons (Fsp3) is 0.300. The Morgan fingerprint density at radius 3 is 2.73 bits per heavy atom. The van der Waals surface area contributed by atoms with Crippen molar-refractivity contribution < 1.29 is 15.0 Å². The van der Waals surface area contributed by atoms with Gasteiger partial charge in [-0.25, -0.2) is 0 Å². The molecule has 5 nitrogen and oxygen atoms in total. The maximum Gasteiger partial charge on any atom is 0.305 e. The number of carbonyl (C=O) groups is 1. The van der Waals surface area contributed by atoms with Gasteiger partial charge < -0.3 is 10.2 Å². The molecule has 0 fully saturated rings. The lowest BCUT2D eigenvalue weighted by atomic mass is 10.0. The van der Waals surface area contributed by atoms with Crippen molar-refractivity contribution in [3.8, 4) is 5.75 Å². The first-order chi connectivity index (χ1) is 7.04. The molecule has 82 valence electrons. The van der Waals surface area contributed by atoms with E-state index in [2.05, 4.69) is 5.43 Å². The highest BCUT2D eigenvalue weighted by Crippen LogP contribution is 2.26. The van der Waals surface area contributed by atoms with Gasteiger partial charge in [-0.2, -0.15) is 0 Å². The van der Waals surface area contributed by atoms with E-state index in [1.54, 1.807) is 18.2 Å². The Labute approximate surface area is 87.5 Å². The number of carboxylic acid groups (broad SMARTS) is 1. The number of hydrazine groups is 1. The molecule has 0 heterocycles. The number of hydrogen-bond donors (Lipinski definition) is 4. The molecule has 1 rings (SSSR count). The van der Waals surface area contributed by atoms with Gasteiger partial charge in [0, 0.05) is 5.56 Å². The minimum atomic E-state index is -0.974. The van der Waals surface area contributed by atoms with E-state index in [1.807, 2.05) is 6.92 Å². The van der Waals surface area contributed by atoms with Gasteiger partial charge in [0.2, 0.25) is 0 Å². The molecule has 0 aromatic heterocycles. The third-order valence-electron chi connectivity index (χ3n) is 2.14. The minimum absolute atomic E-state index is 0.0548. The molecule has 0 amide bonds. The van der Waals surface area contributed by atoms with Crippen molar-refractivity contribution >= 4 is 5.97 Å². The molecule has 5 N–H and O–H groups in total. The Bertz CT molecular complexity index is 366. The van der Waals surface area contributed by atoms with E-state index in [1.165, 1.54) is 0 Å². The highest BCUT2D eigenvalue weighted by atomic mass is 16.4. The van der Waals surface area contributed by atoms with Crippen LogP contribution in [-0.2, 0) is 4.79 Å². The third kappa shape index (κ3) is 2.93. The summed E-state index contributed by atoms with van der Waals surface area (Å²) >= 11 is 0. The van der Waals surface area contributed by atoms with Crippen LogP contribution in [0.15, 0.2) is 18.2 Å². The summed E-state index contributed by atoms with van der Waals surface area (Å²) < 4.78 is 0. The van der Waals surface area contributed by atoms with Crippen molar-refractivity contribution in [2.75, 3.05) is 0 Å². The molecule has 1 aromatic carbocycles. The smallest absolute Gasteiger partial charge is 0.305 e. The zero-order valence-electron chi connectivity index (χ0n) is 8.40. The van der Waals surface area contributed by atoms with Gasteiger partial charge in [-0.15, -0.1) is 0 Å². The number of phenols is 1. The summed E-state index contributed by atoms with van der Waals surface area (Å²) in [4.78, 5) is 10.5. The van der Waals surface area contributed by atoms with Crippen LogP contribution in [0.1, 0.15) is 23.6 Å². The second-order valence-corrected chi connectivity index (χ2v) is 3.38. The molecule has 0 spiro atoms. The lowest BCUT2D eigenvalue weighted by Crippen LogP contribution is -2.29. The molecule has 0 saturated carbocycles. The molecular weight excluding hydrogens is 196 g/mol. The molecular formula is C10H14N2O3. The van der Waals surface area contributed by atoms with Crippen LogP contribution in [0, 0.1) is 6.92 Å². The summed E-state index contributed by atoms with van der Waals surface area (Å²) in [5.74, 6) is 4.32. The number of nitrogens with two attached hydrogens (primary N) is 1. The first-order valence-corrected chi connectivity index (χ1v) is 4.52. The van der Waals surface area contributed by atoms with Gasteiger partial charge in [-0.1, -0.05) is 12.1 Å². The predicted octanol–water partition coefficient (Wildman–Crippen LogP) is 0.680. The standard InChI is InChI=1S/C10H14N2O3/c1-6-2-3-7(9(13)4-6)8(12-11)5-10(14)15/h2-4,8,12-13H,5,11H2,1H3,(H,14,15). The number of carboxylic acids is 1. The normalized spacial score (nSPS) is 12.4. The Hall–Kier alpha value is -1.59. The topological polar surface area (TPSA) is 95.6 Å². The maximum atomic E-state index is 10.5. The molecule has 0 saturated heterocycles. The highest BCUT2D eigenvalue weighted by molar-refractivity contribution is 5.68. The highest BCUT2D eigenvalue weighted by Gasteiger charge is 2.16. The molecule has 15 heavy (non-hydrogen) atoms. The van der Waals surface area contributed by atoms with Gasteiger partial charge in [-0.3, -0.25) is 16.1 Å². The first-order valence-electron chi connectivity index (χ1n) is 4.52. The van der Waals surface area contributed by atoms with E-state index in [0.717, 1.165) is 5.56 Å². The van der Waals surface area contributed by atoms with Gasteiger partial charge in [0.05, 0.1) is 12.5 Å². The Morgan fingerprint density at radius 1 is 1.60 bits per heavy atom. The van der Waals surface area contributed by atoms with Crippen LogP contribution >= 0.6 is 0 Å².